The summed E-state index contributed by atoms with van der Waals surface area (Å²) in [5.74, 6) is -0.459. The van der Waals surface area contributed by atoms with Crippen LogP contribution in [0.25, 0.3) is 31.9 Å². The molecule has 2 amide bonds. The van der Waals surface area contributed by atoms with Crippen LogP contribution in [-0.2, 0) is 20.0 Å². The largest absolute Gasteiger partial charge is 0.387 e. The zero-order valence-corrected chi connectivity index (χ0v) is 38.4. The molecule has 0 unspecified atom stereocenters. The molecule has 6 rings (SSSR count). The maximum atomic E-state index is 14.4. The summed E-state index contributed by atoms with van der Waals surface area (Å²) in [5, 5.41) is 15.4. The standard InChI is InChI=1S/C22H26FN5O3S.C16H12FN3O.C6H14N2O2S/c1-13(2)18-9-16(23)10-19(15-6-7-25-20(8-15)24-5)21(18)26-22(29)27-32(30,31)17-11-28(12-17)14(3)4;1-10(2)13-7-12(17)8-14(16(13)21-9-18)11-4-5-20-15(6-11)19-3;1-5(2)8-3-6(4-8)11(7,9)10/h6-10,13-14,17H,11-12H2,1-4H3,(H2,26,27,29);4-8,10H,1-2H3;5-6H,3-4H2,1-2H3,(H2,7,9,10). The molecule has 340 valence electrons. The second-order valence-corrected chi connectivity index (χ2v) is 20.2. The number of likely N-dealkylation sites (tertiary alicyclic amines) is 2. The minimum atomic E-state index is -3.87. The van der Waals surface area contributed by atoms with Gasteiger partial charge in [0, 0.05) is 55.0 Å². The SMILES string of the molecule is CC(C)N1CC(S(N)(=O)=O)C1.[C-]#[N+]c1cc(-c2cc(F)cc(C(C)C)c2NC(=O)NS(=O)(=O)C2CN(C(C)C)C2)ccn1.[C-]#[N+]c1cc(-c2cc(F)cc(C(C)C)c2OC#N)ccn1. The number of nitriles is 1. The molecule has 0 aliphatic carbocycles. The summed E-state index contributed by atoms with van der Waals surface area (Å²) in [5.41, 5.74) is 3.24. The number of primary sulfonamides is 1. The topological polar surface area (TPSA) is 209 Å². The second kappa shape index (κ2) is 21.5. The maximum absolute atomic E-state index is 14.4. The first kappa shape index (κ1) is 50.6. The Kier molecular flexibility index (Phi) is 17.0. The number of anilines is 1. The van der Waals surface area contributed by atoms with E-state index in [1.54, 1.807) is 18.4 Å². The smallest absolute Gasteiger partial charge is 0.332 e. The maximum Gasteiger partial charge on any atom is 0.332 e. The second-order valence-electron chi connectivity index (χ2n) is 16.4. The molecule has 0 saturated carbocycles. The van der Waals surface area contributed by atoms with Crippen molar-refractivity contribution in [3.63, 3.8) is 0 Å². The molecular formula is C44H52F2N10O6S2. The average molecular weight is 919 g/mol. The fourth-order valence-corrected chi connectivity index (χ4v) is 8.75. The number of carbonyl (C=O) groups excluding carboxylic acids is 1. The van der Waals surface area contributed by atoms with Crippen molar-refractivity contribution in [1.82, 2.24) is 24.5 Å². The molecule has 2 saturated heterocycles. The van der Waals surface area contributed by atoms with Gasteiger partial charge in [-0.1, -0.05) is 40.8 Å². The number of carbonyl (C=O) groups is 1. The highest BCUT2D eigenvalue weighted by Crippen LogP contribution is 2.39. The summed E-state index contributed by atoms with van der Waals surface area (Å²) >= 11 is 0. The Labute approximate surface area is 374 Å². The van der Waals surface area contributed by atoms with Gasteiger partial charge in [0.15, 0.2) is 5.75 Å². The summed E-state index contributed by atoms with van der Waals surface area (Å²) < 4.78 is 82.1. The number of benzene rings is 2. The predicted molar refractivity (Wildman–Crippen MR) is 241 cm³/mol. The van der Waals surface area contributed by atoms with Gasteiger partial charge in [-0.2, -0.15) is 0 Å². The molecule has 0 spiro atoms. The molecule has 0 atom stereocenters. The van der Waals surface area contributed by atoms with Gasteiger partial charge >= 0.3 is 6.03 Å². The highest BCUT2D eigenvalue weighted by molar-refractivity contribution is 7.90. The van der Waals surface area contributed by atoms with E-state index in [0.717, 1.165) is 0 Å². The van der Waals surface area contributed by atoms with Crippen LogP contribution in [0.15, 0.2) is 60.9 Å². The van der Waals surface area contributed by atoms with Crippen LogP contribution in [0.3, 0.4) is 0 Å². The Bertz CT molecular complexity index is 2680. The molecule has 2 fully saturated rings. The molecule has 16 nitrogen and oxygen atoms in total. The Morgan fingerprint density at radius 1 is 0.781 bits per heavy atom. The minimum absolute atomic E-state index is 0.00929. The zero-order valence-electron chi connectivity index (χ0n) is 36.8. The van der Waals surface area contributed by atoms with Crippen molar-refractivity contribution in [2.45, 2.75) is 89.8 Å². The molecule has 4 heterocycles. The van der Waals surface area contributed by atoms with Crippen LogP contribution >= 0.6 is 0 Å². The number of urea groups is 1. The van der Waals surface area contributed by atoms with Gasteiger partial charge < -0.3 is 19.7 Å². The van der Waals surface area contributed by atoms with Gasteiger partial charge in [-0.15, -0.1) is 15.2 Å². The van der Waals surface area contributed by atoms with Crippen LogP contribution < -0.4 is 19.9 Å². The molecule has 0 bridgehead atoms. The van der Waals surface area contributed by atoms with E-state index in [1.165, 1.54) is 48.8 Å². The fraction of sp³-hybridized carbons (Fsp3) is 0.409. The number of nitrogens with zero attached hydrogens (tertiary/aromatic N) is 7. The van der Waals surface area contributed by atoms with Gasteiger partial charge in [0.25, 0.3) is 17.9 Å². The molecule has 2 aliphatic heterocycles. The number of nitrogens with one attached hydrogen (secondary N) is 2. The Hall–Kier alpha value is -6.08. The number of hydrogen-bond donors (Lipinski definition) is 3. The van der Waals surface area contributed by atoms with Crippen LogP contribution in [0.5, 0.6) is 5.75 Å². The van der Waals surface area contributed by atoms with E-state index >= 15 is 0 Å². The summed E-state index contributed by atoms with van der Waals surface area (Å²) in [7, 11) is -7.14. The highest BCUT2D eigenvalue weighted by atomic mass is 32.2. The molecular weight excluding hydrogens is 867 g/mol. The Balaban J connectivity index is 0.000000239. The fourth-order valence-electron chi connectivity index (χ4n) is 6.70. The number of amides is 2. The highest BCUT2D eigenvalue weighted by Gasteiger charge is 2.39. The van der Waals surface area contributed by atoms with E-state index in [4.69, 9.17) is 28.3 Å². The Morgan fingerprint density at radius 3 is 1.67 bits per heavy atom. The lowest BCUT2D eigenvalue weighted by Gasteiger charge is -2.41. The predicted octanol–water partition coefficient (Wildman–Crippen LogP) is 7.90. The van der Waals surface area contributed by atoms with E-state index < -0.39 is 43.0 Å². The number of ether oxygens (including phenoxy) is 1. The number of halogens is 2. The van der Waals surface area contributed by atoms with Crippen LogP contribution in [0, 0.1) is 36.3 Å². The quantitative estimate of drug-likeness (QED) is 0.0973. The van der Waals surface area contributed by atoms with E-state index in [-0.39, 0.29) is 40.5 Å². The molecule has 2 aromatic carbocycles. The van der Waals surface area contributed by atoms with E-state index in [9.17, 15) is 30.4 Å². The van der Waals surface area contributed by atoms with Crippen molar-refractivity contribution in [3.05, 3.63) is 107 Å². The van der Waals surface area contributed by atoms with Crippen LogP contribution in [0.4, 0.5) is 30.9 Å². The molecule has 20 heteroatoms. The van der Waals surface area contributed by atoms with E-state index in [2.05, 4.69) is 34.6 Å². The monoisotopic (exact) mass is 918 g/mol. The third kappa shape index (κ3) is 13.0. The van der Waals surface area contributed by atoms with Crippen molar-refractivity contribution in [2.24, 2.45) is 5.14 Å². The number of aromatic nitrogens is 2. The van der Waals surface area contributed by atoms with Gasteiger partial charge in [-0.05, 0) is 105 Å². The van der Waals surface area contributed by atoms with Gasteiger partial charge in [0.1, 0.15) is 34.5 Å². The third-order valence-corrected chi connectivity index (χ3v) is 13.4. The molecule has 64 heavy (non-hydrogen) atoms. The van der Waals surface area contributed by atoms with Crippen molar-refractivity contribution < 1.29 is 35.1 Å². The molecule has 4 N–H and O–H groups in total. The van der Waals surface area contributed by atoms with E-state index in [1.807, 2.05) is 60.3 Å². The molecule has 2 aromatic heterocycles. The van der Waals surface area contributed by atoms with Crippen LogP contribution in [0.2, 0.25) is 0 Å². The molecule has 2 aliphatic rings. The lowest BCUT2D eigenvalue weighted by Crippen LogP contribution is -2.60. The normalized spacial score (nSPS) is 14.5. The van der Waals surface area contributed by atoms with Gasteiger partial charge in [-0.25, -0.2) is 40.3 Å². The number of rotatable bonds is 11. The average Bonchev–Trinajstić information content (AvgIpc) is 3.16. The van der Waals surface area contributed by atoms with Crippen molar-refractivity contribution in [2.75, 3.05) is 31.5 Å². The Morgan fingerprint density at radius 2 is 1.23 bits per heavy atom. The van der Waals surface area contributed by atoms with Gasteiger partial charge in [0.05, 0.1) is 5.69 Å². The lowest BCUT2D eigenvalue weighted by atomic mass is 9.94. The first-order chi connectivity index (χ1) is 30.0. The summed E-state index contributed by atoms with van der Waals surface area (Å²) in [6.07, 6.45) is 4.53. The van der Waals surface area contributed by atoms with Gasteiger partial charge in [-0.3, -0.25) is 9.80 Å². The van der Waals surface area contributed by atoms with E-state index in [0.29, 0.717) is 71.4 Å². The number of pyridine rings is 2. The van der Waals surface area contributed by atoms with Gasteiger partial charge in [0.2, 0.25) is 20.0 Å². The summed E-state index contributed by atoms with van der Waals surface area (Å²) in [4.78, 5) is 31.1. The first-order valence-electron chi connectivity index (χ1n) is 20.2. The third-order valence-electron chi connectivity index (χ3n) is 10.5. The van der Waals surface area contributed by atoms with Crippen molar-refractivity contribution in [3.8, 4) is 34.3 Å². The first-order valence-corrected chi connectivity index (χ1v) is 23.4. The molecule has 0 radical (unpaired) electrons. The number of sulfonamides is 2. The summed E-state index contributed by atoms with van der Waals surface area (Å²) in [6, 6.07) is 11.2. The minimum Gasteiger partial charge on any atom is -0.387 e. The molecule has 4 aromatic rings. The number of nitrogens with two attached hydrogens (primary N) is 1. The van der Waals surface area contributed by atoms with Crippen molar-refractivity contribution >= 4 is 43.4 Å². The zero-order chi connectivity index (χ0) is 47.7. The number of hydrogen-bond acceptors (Lipinski definition) is 11. The van der Waals surface area contributed by atoms with Crippen molar-refractivity contribution in [1.29, 1.82) is 5.26 Å². The lowest BCUT2D eigenvalue weighted by molar-refractivity contribution is 0.141. The summed E-state index contributed by atoms with van der Waals surface area (Å²) in [6.45, 7) is 31.5. The van der Waals surface area contributed by atoms with Crippen LogP contribution in [-0.4, -0.2) is 91.4 Å². The van der Waals surface area contributed by atoms with Crippen LogP contribution in [0.1, 0.15) is 78.4 Å².